The fraction of sp³-hybridized carbons (Fsp3) is 1.00. The highest BCUT2D eigenvalue weighted by Gasteiger charge is 2.45. The number of fused-ring (bicyclic) bond motifs is 1. The molecule has 2 aliphatic carbocycles. The average Bonchev–Trinajstić information content (AvgIpc) is 2.85. The van der Waals surface area contributed by atoms with Crippen molar-refractivity contribution in [1.82, 2.24) is 5.32 Å². The largest absolute Gasteiger partial charge is 0.381 e. The molecule has 3 aliphatic rings. The highest BCUT2D eigenvalue weighted by Crippen LogP contribution is 2.51. The SMILES string of the molecule is C1CC(CNC2CC3CC3C2)CCO1. The van der Waals surface area contributed by atoms with Gasteiger partial charge in [-0.25, -0.2) is 0 Å². The molecule has 3 rings (SSSR count). The number of hydrogen-bond acceptors (Lipinski definition) is 2. The monoisotopic (exact) mass is 195 g/mol. The van der Waals surface area contributed by atoms with Crippen molar-refractivity contribution in [2.24, 2.45) is 17.8 Å². The summed E-state index contributed by atoms with van der Waals surface area (Å²) < 4.78 is 5.37. The average molecular weight is 195 g/mol. The number of nitrogens with one attached hydrogen (secondary N) is 1. The summed E-state index contributed by atoms with van der Waals surface area (Å²) in [6.07, 6.45) is 7.01. The molecule has 0 aromatic heterocycles. The van der Waals surface area contributed by atoms with Gasteiger partial charge >= 0.3 is 0 Å². The van der Waals surface area contributed by atoms with E-state index in [0.29, 0.717) is 0 Å². The molecule has 0 bridgehead atoms. The molecular weight excluding hydrogens is 174 g/mol. The van der Waals surface area contributed by atoms with Crippen LogP contribution >= 0.6 is 0 Å². The van der Waals surface area contributed by atoms with Crippen molar-refractivity contribution in [1.29, 1.82) is 0 Å². The first-order chi connectivity index (χ1) is 6.92. The predicted octanol–water partition coefficient (Wildman–Crippen LogP) is 1.80. The Kier molecular flexibility index (Phi) is 2.50. The lowest BCUT2D eigenvalue weighted by Crippen LogP contribution is -2.34. The van der Waals surface area contributed by atoms with Crippen LogP contribution in [0.3, 0.4) is 0 Å². The minimum Gasteiger partial charge on any atom is -0.381 e. The van der Waals surface area contributed by atoms with Gasteiger partial charge in [0.2, 0.25) is 0 Å². The maximum absolute atomic E-state index is 5.37. The first-order valence-electron chi connectivity index (χ1n) is 6.23. The zero-order chi connectivity index (χ0) is 9.38. The number of hydrogen-bond donors (Lipinski definition) is 1. The van der Waals surface area contributed by atoms with Crippen LogP contribution in [0.2, 0.25) is 0 Å². The molecule has 2 saturated carbocycles. The van der Waals surface area contributed by atoms with Gasteiger partial charge in [0, 0.05) is 19.3 Å². The molecule has 1 aliphatic heterocycles. The first-order valence-corrected chi connectivity index (χ1v) is 6.23. The summed E-state index contributed by atoms with van der Waals surface area (Å²) in [4.78, 5) is 0. The van der Waals surface area contributed by atoms with Gasteiger partial charge in [0.15, 0.2) is 0 Å². The van der Waals surface area contributed by atoms with E-state index in [2.05, 4.69) is 5.32 Å². The van der Waals surface area contributed by atoms with E-state index in [4.69, 9.17) is 4.74 Å². The lowest BCUT2D eigenvalue weighted by molar-refractivity contribution is 0.0654. The fourth-order valence-corrected chi connectivity index (χ4v) is 3.17. The van der Waals surface area contributed by atoms with E-state index in [1.54, 1.807) is 0 Å². The molecule has 0 amide bonds. The van der Waals surface area contributed by atoms with Crippen LogP contribution in [0.25, 0.3) is 0 Å². The maximum atomic E-state index is 5.37. The standard InChI is InChI=1S/C12H21NO/c1-3-14-4-2-9(1)8-13-12-6-10-5-11(10)7-12/h9-13H,1-8H2. The third-order valence-corrected chi connectivity index (χ3v) is 4.28. The van der Waals surface area contributed by atoms with E-state index in [0.717, 1.165) is 37.0 Å². The van der Waals surface area contributed by atoms with Crippen LogP contribution in [-0.4, -0.2) is 25.8 Å². The van der Waals surface area contributed by atoms with Crippen molar-refractivity contribution in [3.8, 4) is 0 Å². The number of ether oxygens (including phenoxy) is 1. The second kappa shape index (κ2) is 3.82. The highest BCUT2D eigenvalue weighted by molar-refractivity contribution is 4.98. The Morgan fingerprint density at radius 1 is 1.00 bits per heavy atom. The van der Waals surface area contributed by atoms with Crippen molar-refractivity contribution in [3.05, 3.63) is 0 Å². The minimum atomic E-state index is 0.863. The Morgan fingerprint density at radius 3 is 2.43 bits per heavy atom. The Hall–Kier alpha value is -0.0800. The quantitative estimate of drug-likeness (QED) is 0.741. The van der Waals surface area contributed by atoms with Crippen LogP contribution in [-0.2, 0) is 4.74 Å². The summed E-state index contributed by atoms with van der Waals surface area (Å²) >= 11 is 0. The summed E-state index contributed by atoms with van der Waals surface area (Å²) in [6, 6.07) is 0.863. The molecule has 2 nitrogen and oxygen atoms in total. The molecule has 0 radical (unpaired) electrons. The van der Waals surface area contributed by atoms with Gasteiger partial charge in [-0.1, -0.05) is 0 Å². The first kappa shape index (κ1) is 9.17. The van der Waals surface area contributed by atoms with Crippen LogP contribution in [0.15, 0.2) is 0 Å². The van der Waals surface area contributed by atoms with E-state index < -0.39 is 0 Å². The molecule has 1 N–H and O–H groups in total. The van der Waals surface area contributed by atoms with Crippen LogP contribution in [0.1, 0.15) is 32.1 Å². The van der Waals surface area contributed by atoms with Crippen molar-refractivity contribution >= 4 is 0 Å². The van der Waals surface area contributed by atoms with Gasteiger partial charge in [0.1, 0.15) is 0 Å². The summed E-state index contributed by atoms with van der Waals surface area (Å²) in [6.45, 7) is 3.22. The predicted molar refractivity (Wildman–Crippen MR) is 56.2 cm³/mol. The molecule has 80 valence electrons. The van der Waals surface area contributed by atoms with Crippen molar-refractivity contribution in [3.63, 3.8) is 0 Å². The van der Waals surface area contributed by atoms with E-state index in [-0.39, 0.29) is 0 Å². The third kappa shape index (κ3) is 1.96. The Labute approximate surface area is 86.4 Å². The molecular formula is C12H21NO. The summed E-state index contributed by atoms with van der Waals surface area (Å²) in [7, 11) is 0. The maximum Gasteiger partial charge on any atom is 0.0469 e. The molecule has 0 aromatic rings. The Morgan fingerprint density at radius 2 is 1.71 bits per heavy atom. The van der Waals surface area contributed by atoms with Crippen molar-refractivity contribution < 1.29 is 4.74 Å². The molecule has 0 aromatic carbocycles. The van der Waals surface area contributed by atoms with Crippen molar-refractivity contribution in [2.75, 3.05) is 19.8 Å². The molecule has 2 unspecified atom stereocenters. The zero-order valence-corrected chi connectivity index (χ0v) is 8.87. The smallest absolute Gasteiger partial charge is 0.0469 e. The molecule has 1 saturated heterocycles. The molecule has 2 heteroatoms. The zero-order valence-electron chi connectivity index (χ0n) is 8.87. The second-order valence-corrected chi connectivity index (χ2v) is 5.39. The van der Waals surface area contributed by atoms with Gasteiger partial charge in [0.25, 0.3) is 0 Å². The van der Waals surface area contributed by atoms with Crippen LogP contribution in [0, 0.1) is 17.8 Å². The Balaban J connectivity index is 1.36. The molecule has 0 spiro atoms. The number of rotatable bonds is 3. The fourth-order valence-electron chi connectivity index (χ4n) is 3.17. The molecule has 3 fully saturated rings. The summed E-state index contributed by atoms with van der Waals surface area (Å²) in [5, 5.41) is 3.76. The van der Waals surface area contributed by atoms with E-state index in [1.165, 1.54) is 38.6 Å². The third-order valence-electron chi connectivity index (χ3n) is 4.28. The van der Waals surface area contributed by atoms with Gasteiger partial charge in [-0.2, -0.15) is 0 Å². The van der Waals surface area contributed by atoms with Gasteiger partial charge in [-0.15, -0.1) is 0 Å². The van der Waals surface area contributed by atoms with Gasteiger partial charge < -0.3 is 10.1 Å². The summed E-state index contributed by atoms with van der Waals surface area (Å²) in [5.41, 5.74) is 0. The topological polar surface area (TPSA) is 21.3 Å². The molecule has 1 heterocycles. The van der Waals surface area contributed by atoms with Crippen LogP contribution in [0.4, 0.5) is 0 Å². The second-order valence-electron chi connectivity index (χ2n) is 5.39. The normalized spacial score (nSPS) is 42.4. The van der Waals surface area contributed by atoms with Crippen LogP contribution in [0.5, 0.6) is 0 Å². The Bertz CT molecular complexity index is 188. The molecule has 2 atom stereocenters. The lowest BCUT2D eigenvalue weighted by atomic mass is 9.99. The van der Waals surface area contributed by atoms with Crippen LogP contribution < -0.4 is 5.32 Å². The van der Waals surface area contributed by atoms with Gasteiger partial charge in [-0.05, 0) is 56.4 Å². The molecule has 14 heavy (non-hydrogen) atoms. The van der Waals surface area contributed by atoms with Gasteiger partial charge in [0.05, 0.1) is 0 Å². The van der Waals surface area contributed by atoms with E-state index in [9.17, 15) is 0 Å². The lowest BCUT2D eigenvalue weighted by Gasteiger charge is -2.24. The highest BCUT2D eigenvalue weighted by atomic mass is 16.5. The van der Waals surface area contributed by atoms with Gasteiger partial charge in [-0.3, -0.25) is 0 Å². The van der Waals surface area contributed by atoms with E-state index >= 15 is 0 Å². The van der Waals surface area contributed by atoms with E-state index in [1.807, 2.05) is 0 Å². The van der Waals surface area contributed by atoms with Crippen molar-refractivity contribution in [2.45, 2.75) is 38.1 Å². The summed E-state index contributed by atoms with van der Waals surface area (Å²) in [5.74, 6) is 3.12. The minimum absolute atomic E-state index is 0.863.